The third-order valence-corrected chi connectivity index (χ3v) is 11.2. The second-order valence-corrected chi connectivity index (χ2v) is 14.2. The average Bonchev–Trinajstić information content (AvgIpc) is 3.65. The summed E-state index contributed by atoms with van der Waals surface area (Å²) in [7, 11) is 0. The average molecular weight is 681 g/mol. The number of para-hydroxylation sites is 1. The number of nitrogens with zero attached hydrogens (tertiary/aromatic N) is 2. The molecular formula is C49H32N2S. The van der Waals surface area contributed by atoms with Gasteiger partial charge < -0.3 is 4.90 Å². The fraction of sp³-hybridized carbons (Fsp3) is 0. The molecule has 0 saturated carbocycles. The maximum Gasteiger partial charge on any atom is 0.124 e. The lowest BCUT2D eigenvalue weighted by atomic mass is 9.92. The van der Waals surface area contributed by atoms with E-state index < -0.39 is 0 Å². The van der Waals surface area contributed by atoms with Gasteiger partial charge in [-0.3, -0.25) is 0 Å². The van der Waals surface area contributed by atoms with E-state index >= 15 is 0 Å². The number of benzene rings is 9. The SMILES string of the molecule is c1ccc2cc(N(c3ccc(-c4cccc5c(-c6ccc(-c7nc8ccccc8s7)cc6)cccc45)cc3)c3ccc4ccccc4c3)ccc2c1. The van der Waals surface area contributed by atoms with E-state index in [0.29, 0.717) is 0 Å². The number of thiazole rings is 1. The number of hydrogen-bond acceptors (Lipinski definition) is 3. The van der Waals surface area contributed by atoms with Gasteiger partial charge in [-0.15, -0.1) is 11.3 Å². The molecule has 244 valence electrons. The Kier molecular flexibility index (Phi) is 7.37. The van der Waals surface area contributed by atoms with Crippen molar-refractivity contribution < 1.29 is 0 Å². The lowest BCUT2D eigenvalue weighted by Gasteiger charge is -2.26. The summed E-state index contributed by atoms with van der Waals surface area (Å²) in [5, 5.41) is 8.45. The van der Waals surface area contributed by atoms with Gasteiger partial charge in [-0.2, -0.15) is 0 Å². The standard InChI is InChI=1S/C49H32N2S/c1-3-11-38-31-41(29-23-33(38)9-1)51(42-30-24-34-10-2-4-12-39(34)32-42)40-27-25-36(26-28-40)44-14-8-15-45-43(13-7-16-46(44)45)35-19-21-37(22-20-35)49-50-47-17-5-6-18-48(47)52-49/h1-32H. The molecule has 10 aromatic rings. The van der Waals surface area contributed by atoms with Gasteiger partial charge in [-0.1, -0.05) is 146 Å². The molecule has 52 heavy (non-hydrogen) atoms. The molecule has 0 saturated heterocycles. The summed E-state index contributed by atoms with van der Waals surface area (Å²) in [6.45, 7) is 0. The molecule has 9 aromatic carbocycles. The Labute approximate surface area is 306 Å². The zero-order chi connectivity index (χ0) is 34.4. The highest BCUT2D eigenvalue weighted by atomic mass is 32.1. The molecule has 10 rings (SSSR count). The summed E-state index contributed by atoms with van der Waals surface area (Å²) in [5.41, 5.74) is 10.4. The van der Waals surface area contributed by atoms with Crippen LogP contribution in [0, 0.1) is 0 Å². The zero-order valence-corrected chi connectivity index (χ0v) is 29.1. The van der Waals surface area contributed by atoms with Crippen LogP contribution in [0.25, 0.3) is 75.4 Å². The Morgan fingerprint density at radius 2 is 0.846 bits per heavy atom. The summed E-state index contributed by atoms with van der Waals surface area (Å²) in [5.74, 6) is 0. The van der Waals surface area contributed by atoms with Gasteiger partial charge in [0.05, 0.1) is 10.2 Å². The van der Waals surface area contributed by atoms with Gasteiger partial charge in [0, 0.05) is 22.6 Å². The molecule has 0 atom stereocenters. The first-order chi connectivity index (χ1) is 25.7. The Morgan fingerprint density at radius 3 is 1.42 bits per heavy atom. The molecule has 0 amide bonds. The molecule has 0 aliphatic carbocycles. The van der Waals surface area contributed by atoms with E-state index in [1.807, 2.05) is 6.07 Å². The van der Waals surface area contributed by atoms with Crippen LogP contribution >= 0.6 is 11.3 Å². The maximum atomic E-state index is 4.87. The molecule has 0 fully saturated rings. The minimum absolute atomic E-state index is 1.05. The molecule has 1 aromatic heterocycles. The van der Waals surface area contributed by atoms with Crippen LogP contribution in [0.5, 0.6) is 0 Å². The van der Waals surface area contributed by atoms with Crippen LogP contribution in [0.3, 0.4) is 0 Å². The third kappa shape index (κ3) is 5.40. The molecule has 0 aliphatic heterocycles. The summed E-state index contributed by atoms with van der Waals surface area (Å²) in [6, 6.07) is 70.1. The van der Waals surface area contributed by atoms with Crippen LogP contribution < -0.4 is 4.90 Å². The van der Waals surface area contributed by atoms with Crippen molar-refractivity contribution in [3.63, 3.8) is 0 Å². The van der Waals surface area contributed by atoms with Crippen LogP contribution in [0.2, 0.25) is 0 Å². The van der Waals surface area contributed by atoms with E-state index in [-0.39, 0.29) is 0 Å². The van der Waals surface area contributed by atoms with Crippen molar-refractivity contribution >= 4 is 70.9 Å². The van der Waals surface area contributed by atoms with E-state index in [2.05, 4.69) is 193 Å². The third-order valence-electron chi connectivity index (χ3n) is 10.1. The van der Waals surface area contributed by atoms with Crippen molar-refractivity contribution in [2.75, 3.05) is 4.90 Å². The number of hydrogen-bond donors (Lipinski definition) is 0. The molecule has 0 aliphatic rings. The maximum absolute atomic E-state index is 4.87. The van der Waals surface area contributed by atoms with E-state index in [0.717, 1.165) is 33.1 Å². The highest BCUT2D eigenvalue weighted by Gasteiger charge is 2.16. The molecular weight excluding hydrogens is 649 g/mol. The fourth-order valence-electron chi connectivity index (χ4n) is 7.47. The molecule has 0 radical (unpaired) electrons. The topological polar surface area (TPSA) is 16.1 Å². The van der Waals surface area contributed by atoms with Gasteiger partial charge in [0.25, 0.3) is 0 Å². The first-order valence-electron chi connectivity index (χ1n) is 17.6. The van der Waals surface area contributed by atoms with Crippen molar-refractivity contribution in [1.29, 1.82) is 0 Å². The minimum Gasteiger partial charge on any atom is -0.310 e. The second-order valence-electron chi connectivity index (χ2n) is 13.2. The van der Waals surface area contributed by atoms with Crippen molar-refractivity contribution in [1.82, 2.24) is 4.98 Å². The smallest absolute Gasteiger partial charge is 0.124 e. The predicted octanol–water partition coefficient (Wildman–Crippen LogP) is 14.2. The molecule has 0 unspecified atom stereocenters. The van der Waals surface area contributed by atoms with Gasteiger partial charge in [-0.05, 0) is 103 Å². The van der Waals surface area contributed by atoms with Crippen molar-refractivity contribution in [3.05, 3.63) is 194 Å². The molecule has 3 heteroatoms. The lowest BCUT2D eigenvalue weighted by molar-refractivity contribution is 1.29. The van der Waals surface area contributed by atoms with E-state index in [1.54, 1.807) is 11.3 Å². The van der Waals surface area contributed by atoms with Crippen LogP contribution in [0.1, 0.15) is 0 Å². The molecule has 1 heterocycles. The van der Waals surface area contributed by atoms with Crippen LogP contribution in [0.4, 0.5) is 17.1 Å². The van der Waals surface area contributed by atoms with E-state index in [9.17, 15) is 0 Å². The Hall–Kier alpha value is -6.55. The highest BCUT2D eigenvalue weighted by Crippen LogP contribution is 2.40. The highest BCUT2D eigenvalue weighted by molar-refractivity contribution is 7.21. The van der Waals surface area contributed by atoms with Crippen LogP contribution in [-0.4, -0.2) is 4.98 Å². The fourth-order valence-corrected chi connectivity index (χ4v) is 8.44. The quantitative estimate of drug-likeness (QED) is 0.174. The molecule has 0 spiro atoms. The van der Waals surface area contributed by atoms with Crippen molar-refractivity contribution in [2.45, 2.75) is 0 Å². The van der Waals surface area contributed by atoms with Gasteiger partial charge in [0.15, 0.2) is 0 Å². The number of anilines is 3. The monoisotopic (exact) mass is 680 g/mol. The molecule has 0 bridgehead atoms. The van der Waals surface area contributed by atoms with E-state index in [1.165, 1.54) is 59.3 Å². The molecule has 0 N–H and O–H groups in total. The van der Waals surface area contributed by atoms with Gasteiger partial charge in [0.2, 0.25) is 0 Å². The lowest BCUT2D eigenvalue weighted by Crippen LogP contribution is -2.09. The van der Waals surface area contributed by atoms with Gasteiger partial charge in [0.1, 0.15) is 5.01 Å². The Morgan fingerprint density at radius 1 is 0.365 bits per heavy atom. The van der Waals surface area contributed by atoms with Crippen LogP contribution in [0.15, 0.2) is 194 Å². The largest absolute Gasteiger partial charge is 0.310 e. The summed E-state index contributed by atoms with van der Waals surface area (Å²) >= 11 is 1.74. The summed E-state index contributed by atoms with van der Waals surface area (Å²) in [4.78, 5) is 7.23. The van der Waals surface area contributed by atoms with Crippen LogP contribution in [-0.2, 0) is 0 Å². The van der Waals surface area contributed by atoms with Crippen molar-refractivity contribution in [2.24, 2.45) is 0 Å². The van der Waals surface area contributed by atoms with Crippen molar-refractivity contribution in [3.8, 4) is 32.8 Å². The zero-order valence-electron chi connectivity index (χ0n) is 28.3. The number of rotatable bonds is 6. The van der Waals surface area contributed by atoms with Gasteiger partial charge >= 0.3 is 0 Å². The summed E-state index contributed by atoms with van der Waals surface area (Å²) < 4.78 is 1.21. The summed E-state index contributed by atoms with van der Waals surface area (Å²) in [6.07, 6.45) is 0. The van der Waals surface area contributed by atoms with Gasteiger partial charge in [-0.25, -0.2) is 4.98 Å². The minimum atomic E-state index is 1.05. The predicted molar refractivity (Wildman–Crippen MR) is 223 cm³/mol. The number of fused-ring (bicyclic) bond motifs is 4. The Bertz CT molecular complexity index is 2790. The first kappa shape index (κ1) is 30.3. The Balaban J connectivity index is 1.02. The van der Waals surface area contributed by atoms with E-state index in [4.69, 9.17) is 4.98 Å². The second kappa shape index (κ2) is 12.6. The molecule has 2 nitrogen and oxygen atoms in total. The normalized spacial score (nSPS) is 11.5. The first-order valence-corrected chi connectivity index (χ1v) is 18.4. The number of aromatic nitrogens is 1.